The van der Waals surface area contributed by atoms with Crippen LogP contribution in [0.5, 0.6) is 0 Å². The maximum atomic E-state index is 11.8. The average molecular weight is 351 g/mol. The number of imidazole rings is 1. The summed E-state index contributed by atoms with van der Waals surface area (Å²) in [4.78, 5) is 24.5. The lowest BCUT2D eigenvalue weighted by molar-refractivity contribution is 0.0524. The van der Waals surface area contributed by atoms with Gasteiger partial charge < -0.3 is 14.6 Å². The van der Waals surface area contributed by atoms with Crippen LogP contribution in [-0.4, -0.2) is 38.6 Å². The van der Waals surface area contributed by atoms with Crippen LogP contribution in [-0.2, 0) is 11.3 Å². The van der Waals surface area contributed by atoms with Crippen LogP contribution in [0.1, 0.15) is 23.0 Å². The minimum Gasteiger partial charge on any atom is -0.462 e. The minimum atomic E-state index is -0.400. The highest BCUT2D eigenvalue weighted by Gasteiger charge is 2.12. The van der Waals surface area contributed by atoms with Crippen LogP contribution in [0.3, 0.4) is 0 Å². The quantitative estimate of drug-likeness (QED) is 0.659. The van der Waals surface area contributed by atoms with Crippen LogP contribution in [0.4, 0.5) is 5.95 Å². The number of hydrogen-bond acceptors (Lipinski definition) is 6. The zero-order valence-electron chi connectivity index (χ0n) is 14.8. The zero-order chi connectivity index (χ0) is 18.4. The molecule has 0 amide bonds. The van der Waals surface area contributed by atoms with Crippen LogP contribution in [0, 0.1) is 6.92 Å². The zero-order valence-corrected chi connectivity index (χ0v) is 14.8. The van der Waals surface area contributed by atoms with Gasteiger partial charge in [-0.05, 0) is 19.4 Å². The molecule has 0 saturated heterocycles. The largest absolute Gasteiger partial charge is 0.462 e. The van der Waals surface area contributed by atoms with E-state index in [1.807, 2.05) is 24.4 Å². The predicted octanol–water partition coefficient (Wildman–Crippen LogP) is 2.94. The summed E-state index contributed by atoms with van der Waals surface area (Å²) in [5, 5.41) is 3.18. The maximum Gasteiger partial charge on any atom is 0.341 e. The normalized spacial score (nSPS) is 10.5. The molecule has 2 aromatic heterocycles. The van der Waals surface area contributed by atoms with Gasteiger partial charge in [0, 0.05) is 19.3 Å². The first-order chi connectivity index (χ1) is 12.7. The van der Waals surface area contributed by atoms with Crippen molar-refractivity contribution in [2.75, 3.05) is 18.5 Å². The number of aryl methyl sites for hydroxylation is 1. The van der Waals surface area contributed by atoms with E-state index in [1.165, 1.54) is 6.20 Å². The molecule has 26 heavy (non-hydrogen) atoms. The first kappa shape index (κ1) is 17.6. The number of carbonyl (C=O) groups excluding carboxylic acids is 1. The van der Waals surface area contributed by atoms with Gasteiger partial charge in [0.1, 0.15) is 0 Å². The lowest BCUT2D eigenvalue weighted by atomic mass is 10.2. The van der Waals surface area contributed by atoms with Gasteiger partial charge in [-0.25, -0.2) is 19.7 Å². The van der Waals surface area contributed by atoms with Gasteiger partial charge in [0.15, 0.2) is 0 Å². The number of carbonyl (C=O) groups is 1. The predicted molar refractivity (Wildman–Crippen MR) is 98.9 cm³/mol. The molecular formula is C19H21N5O2. The van der Waals surface area contributed by atoms with Crippen molar-refractivity contribution >= 4 is 11.9 Å². The number of esters is 1. The van der Waals surface area contributed by atoms with E-state index >= 15 is 0 Å². The van der Waals surface area contributed by atoms with E-state index in [2.05, 4.69) is 37.0 Å². The molecule has 0 aliphatic heterocycles. The highest BCUT2D eigenvalue weighted by molar-refractivity contribution is 5.90. The number of rotatable bonds is 7. The summed E-state index contributed by atoms with van der Waals surface area (Å²) in [5.41, 5.74) is 3.16. The van der Waals surface area contributed by atoms with Crippen LogP contribution in [0.25, 0.3) is 11.3 Å². The molecule has 1 aromatic carbocycles. The summed E-state index contributed by atoms with van der Waals surface area (Å²) in [6.07, 6.45) is 5.15. The molecular weight excluding hydrogens is 330 g/mol. The van der Waals surface area contributed by atoms with Crippen molar-refractivity contribution in [3.63, 3.8) is 0 Å². The molecule has 2 heterocycles. The Balaban J connectivity index is 1.62. The van der Waals surface area contributed by atoms with E-state index in [0.29, 0.717) is 36.9 Å². The minimum absolute atomic E-state index is 0.326. The second kappa shape index (κ2) is 8.24. The monoisotopic (exact) mass is 351 g/mol. The molecule has 7 heteroatoms. The van der Waals surface area contributed by atoms with Crippen molar-refractivity contribution in [1.29, 1.82) is 0 Å². The Kier molecular flexibility index (Phi) is 5.58. The molecule has 0 spiro atoms. The fraction of sp³-hybridized carbons (Fsp3) is 0.263. The summed E-state index contributed by atoms with van der Waals surface area (Å²) in [6.45, 7) is 5.21. The Hall–Kier alpha value is -3.22. The molecule has 0 fully saturated rings. The van der Waals surface area contributed by atoms with Gasteiger partial charge in [0.05, 0.1) is 36.1 Å². The molecule has 0 saturated carbocycles. The van der Waals surface area contributed by atoms with Crippen LogP contribution < -0.4 is 5.32 Å². The summed E-state index contributed by atoms with van der Waals surface area (Å²) in [6, 6.07) is 10.1. The maximum absolute atomic E-state index is 11.8. The molecule has 0 radical (unpaired) electrons. The third-order valence-electron chi connectivity index (χ3n) is 3.89. The van der Waals surface area contributed by atoms with E-state index in [1.54, 1.807) is 20.2 Å². The van der Waals surface area contributed by atoms with E-state index in [-0.39, 0.29) is 0 Å². The van der Waals surface area contributed by atoms with Crippen molar-refractivity contribution in [3.8, 4) is 11.3 Å². The van der Waals surface area contributed by atoms with E-state index in [4.69, 9.17) is 4.74 Å². The Morgan fingerprint density at radius 1 is 1.23 bits per heavy atom. The Labute approximate surface area is 152 Å². The smallest absolute Gasteiger partial charge is 0.341 e. The fourth-order valence-electron chi connectivity index (χ4n) is 2.60. The van der Waals surface area contributed by atoms with E-state index in [9.17, 15) is 4.79 Å². The standard InChI is InChI=1S/C19H21N5O2/c1-3-26-18(25)16-11-22-19(23-14(16)2)21-9-10-24-13-20-12-17(24)15-7-5-4-6-8-15/h4-8,11-13H,3,9-10H2,1-2H3,(H,21,22,23). The lowest BCUT2D eigenvalue weighted by Gasteiger charge is -2.10. The molecule has 3 rings (SSSR count). The van der Waals surface area contributed by atoms with Gasteiger partial charge >= 0.3 is 5.97 Å². The fourth-order valence-corrected chi connectivity index (χ4v) is 2.60. The van der Waals surface area contributed by atoms with Gasteiger partial charge in [-0.1, -0.05) is 30.3 Å². The van der Waals surface area contributed by atoms with Gasteiger partial charge in [-0.2, -0.15) is 0 Å². The van der Waals surface area contributed by atoms with Crippen molar-refractivity contribution < 1.29 is 9.53 Å². The number of aromatic nitrogens is 4. The molecule has 1 N–H and O–H groups in total. The SMILES string of the molecule is CCOC(=O)c1cnc(NCCn2cncc2-c2ccccc2)nc1C. The number of anilines is 1. The van der Waals surface area contributed by atoms with Gasteiger partial charge in [-0.15, -0.1) is 0 Å². The summed E-state index contributed by atoms with van der Waals surface area (Å²) in [7, 11) is 0. The highest BCUT2D eigenvalue weighted by Crippen LogP contribution is 2.18. The van der Waals surface area contributed by atoms with Gasteiger partial charge in [-0.3, -0.25) is 0 Å². The Morgan fingerprint density at radius 3 is 2.77 bits per heavy atom. The molecule has 0 aliphatic rings. The lowest BCUT2D eigenvalue weighted by Crippen LogP contribution is -2.14. The molecule has 0 aliphatic carbocycles. The summed E-state index contributed by atoms with van der Waals surface area (Å²) >= 11 is 0. The second-order valence-electron chi connectivity index (χ2n) is 5.68. The number of hydrogen-bond donors (Lipinski definition) is 1. The van der Waals surface area contributed by atoms with Gasteiger partial charge in [0.2, 0.25) is 5.95 Å². The first-order valence-corrected chi connectivity index (χ1v) is 8.49. The third kappa shape index (κ3) is 4.05. The van der Waals surface area contributed by atoms with Crippen molar-refractivity contribution in [3.05, 3.63) is 60.3 Å². The van der Waals surface area contributed by atoms with E-state index in [0.717, 1.165) is 11.3 Å². The first-order valence-electron chi connectivity index (χ1n) is 8.49. The van der Waals surface area contributed by atoms with E-state index < -0.39 is 5.97 Å². The number of benzene rings is 1. The Bertz CT molecular complexity index is 877. The van der Waals surface area contributed by atoms with Crippen LogP contribution >= 0.6 is 0 Å². The molecule has 134 valence electrons. The third-order valence-corrected chi connectivity index (χ3v) is 3.89. The number of nitrogens with zero attached hydrogens (tertiary/aromatic N) is 4. The van der Waals surface area contributed by atoms with Crippen molar-refractivity contribution in [2.45, 2.75) is 20.4 Å². The van der Waals surface area contributed by atoms with Gasteiger partial charge in [0.25, 0.3) is 0 Å². The second-order valence-corrected chi connectivity index (χ2v) is 5.68. The average Bonchev–Trinajstić information content (AvgIpc) is 3.11. The van der Waals surface area contributed by atoms with Crippen LogP contribution in [0.2, 0.25) is 0 Å². The summed E-state index contributed by atoms with van der Waals surface area (Å²) < 4.78 is 7.06. The topological polar surface area (TPSA) is 81.9 Å². The number of nitrogens with one attached hydrogen (secondary N) is 1. The molecule has 0 unspecified atom stereocenters. The molecule has 3 aromatic rings. The molecule has 7 nitrogen and oxygen atoms in total. The highest BCUT2D eigenvalue weighted by atomic mass is 16.5. The molecule has 0 atom stereocenters. The van der Waals surface area contributed by atoms with Crippen molar-refractivity contribution in [1.82, 2.24) is 19.5 Å². The van der Waals surface area contributed by atoms with Crippen LogP contribution in [0.15, 0.2) is 49.1 Å². The van der Waals surface area contributed by atoms with Crippen molar-refractivity contribution in [2.24, 2.45) is 0 Å². The molecule has 0 bridgehead atoms. The number of ether oxygens (including phenoxy) is 1. The Morgan fingerprint density at radius 2 is 2.04 bits per heavy atom. The summed E-state index contributed by atoms with van der Waals surface area (Å²) in [5.74, 6) is 0.0828.